The minimum Gasteiger partial charge on any atom is -0.313 e. The molecule has 4 fully saturated rings. The maximum Gasteiger partial charge on any atom is 0.0124 e. The van der Waals surface area contributed by atoms with Crippen molar-refractivity contribution in [3.8, 4) is 0 Å². The van der Waals surface area contributed by atoms with Gasteiger partial charge in [0.15, 0.2) is 0 Å². The number of nitrogens with one attached hydrogen (secondary N) is 1. The fourth-order valence-corrected chi connectivity index (χ4v) is 5.56. The number of hydrogen-bond acceptors (Lipinski definition) is 1. The van der Waals surface area contributed by atoms with E-state index in [0.29, 0.717) is 0 Å². The summed E-state index contributed by atoms with van der Waals surface area (Å²) in [5.41, 5.74) is 1.47. The van der Waals surface area contributed by atoms with E-state index in [9.17, 15) is 0 Å². The van der Waals surface area contributed by atoms with Gasteiger partial charge in [-0.2, -0.15) is 0 Å². The predicted octanol–water partition coefficient (Wildman–Crippen LogP) is 5.17. The smallest absolute Gasteiger partial charge is 0.0124 e. The molecule has 0 amide bonds. The van der Waals surface area contributed by atoms with E-state index in [1.54, 1.807) is 32.1 Å². The van der Waals surface area contributed by atoms with Gasteiger partial charge in [-0.25, -0.2) is 0 Å². The van der Waals surface area contributed by atoms with Crippen LogP contribution in [-0.4, -0.2) is 12.6 Å². The lowest BCUT2D eigenvalue weighted by Gasteiger charge is -2.54. The van der Waals surface area contributed by atoms with Gasteiger partial charge in [0.2, 0.25) is 0 Å². The van der Waals surface area contributed by atoms with Gasteiger partial charge >= 0.3 is 0 Å². The Bertz CT molecular complexity index is 338. The van der Waals surface area contributed by atoms with Gasteiger partial charge in [0.05, 0.1) is 0 Å². The highest BCUT2D eigenvalue weighted by Gasteiger charge is 2.47. The number of rotatable bonds is 7. The Labute approximate surface area is 132 Å². The molecule has 1 atom stereocenters. The highest BCUT2D eigenvalue weighted by Crippen LogP contribution is 2.53. The third-order valence-corrected chi connectivity index (χ3v) is 6.46. The highest BCUT2D eigenvalue weighted by atomic mass is 14.9. The first kappa shape index (κ1) is 15.6. The minimum atomic E-state index is 0.866. The summed E-state index contributed by atoms with van der Waals surface area (Å²) in [6.45, 7) is 8.09. The van der Waals surface area contributed by atoms with Crippen LogP contribution < -0.4 is 5.32 Å². The minimum absolute atomic E-state index is 0.866. The van der Waals surface area contributed by atoms with Gasteiger partial charge in [0.1, 0.15) is 0 Å². The predicted molar refractivity (Wildman–Crippen MR) is 91.3 cm³/mol. The van der Waals surface area contributed by atoms with Crippen LogP contribution in [0.4, 0.5) is 0 Å². The van der Waals surface area contributed by atoms with Gasteiger partial charge in [0, 0.05) is 6.04 Å². The Balaban J connectivity index is 1.37. The van der Waals surface area contributed by atoms with Gasteiger partial charge in [-0.1, -0.05) is 18.6 Å². The second-order valence-corrected chi connectivity index (χ2v) is 8.66. The molecule has 4 saturated carbocycles. The summed E-state index contributed by atoms with van der Waals surface area (Å²) in [5.74, 6) is 5.14. The Kier molecular flexibility index (Phi) is 5.09. The van der Waals surface area contributed by atoms with E-state index < -0.39 is 0 Å². The molecule has 1 nitrogen and oxygen atoms in total. The lowest BCUT2D eigenvalue weighted by Crippen LogP contribution is -2.54. The molecule has 4 bridgehead atoms. The van der Waals surface area contributed by atoms with Crippen LogP contribution in [0, 0.1) is 29.6 Å². The van der Waals surface area contributed by atoms with Gasteiger partial charge in [-0.15, -0.1) is 0 Å². The molecule has 4 rings (SSSR count). The van der Waals surface area contributed by atoms with E-state index in [4.69, 9.17) is 0 Å². The molecule has 0 heterocycles. The normalized spacial score (nSPS) is 38.5. The van der Waals surface area contributed by atoms with Gasteiger partial charge in [-0.3, -0.25) is 0 Å². The molecular formula is C20H35N. The van der Waals surface area contributed by atoms with Crippen LogP contribution in [-0.2, 0) is 0 Å². The first-order chi connectivity index (χ1) is 10.1. The number of hydrogen-bond donors (Lipinski definition) is 1. The summed E-state index contributed by atoms with van der Waals surface area (Å²) in [4.78, 5) is 0. The second kappa shape index (κ2) is 6.86. The van der Waals surface area contributed by atoms with E-state index in [2.05, 4.69) is 32.2 Å². The molecule has 4 aliphatic rings. The van der Waals surface area contributed by atoms with Crippen LogP contribution in [0.25, 0.3) is 0 Å². The van der Waals surface area contributed by atoms with Crippen LogP contribution in [0.5, 0.6) is 0 Å². The number of allylic oxidation sites excluding steroid dienone is 2. The molecule has 0 spiro atoms. The first-order valence-electron chi connectivity index (χ1n) is 9.48. The Morgan fingerprint density at radius 2 is 1.62 bits per heavy atom. The van der Waals surface area contributed by atoms with Crippen LogP contribution in [0.3, 0.4) is 0 Å². The zero-order chi connectivity index (χ0) is 14.8. The summed E-state index contributed by atoms with van der Waals surface area (Å²) in [6.07, 6.45) is 14.1. The third-order valence-electron chi connectivity index (χ3n) is 6.46. The summed E-state index contributed by atoms with van der Waals surface area (Å²) >= 11 is 0. The zero-order valence-corrected chi connectivity index (χ0v) is 14.4. The molecular weight excluding hydrogens is 254 g/mol. The second-order valence-electron chi connectivity index (χ2n) is 8.66. The maximum atomic E-state index is 3.98. The molecule has 120 valence electrons. The molecule has 0 aromatic heterocycles. The van der Waals surface area contributed by atoms with E-state index in [0.717, 1.165) is 35.6 Å². The lowest BCUT2D eigenvalue weighted by molar-refractivity contribution is -0.0138. The van der Waals surface area contributed by atoms with E-state index >= 15 is 0 Å². The van der Waals surface area contributed by atoms with Gasteiger partial charge in [-0.05, 0) is 101 Å². The molecule has 0 aromatic carbocycles. The maximum absolute atomic E-state index is 3.98. The molecule has 0 saturated heterocycles. The first-order valence-corrected chi connectivity index (χ1v) is 9.48. The van der Waals surface area contributed by atoms with Crippen LogP contribution in [0.2, 0.25) is 0 Å². The van der Waals surface area contributed by atoms with Crippen molar-refractivity contribution in [3.05, 3.63) is 11.6 Å². The summed E-state index contributed by atoms with van der Waals surface area (Å²) in [5, 5.41) is 3.98. The molecule has 0 aromatic rings. The Morgan fingerprint density at radius 3 is 2.19 bits per heavy atom. The molecule has 4 aliphatic carbocycles. The third kappa shape index (κ3) is 3.92. The largest absolute Gasteiger partial charge is 0.313 e. The standard InChI is InChI=1S/C20H35N/c1-14(2)5-4-6-15(3)7-8-21-20-18-10-16-9-17(12-18)13-19(20)11-16/h5,15-21H,4,6-13H2,1-3H3. The van der Waals surface area contributed by atoms with Crippen molar-refractivity contribution >= 4 is 0 Å². The van der Waals surface area contributed by atoms with Gasteiger partial charge < -0.3 is 5.32 Å². The Morgan fingerprint density at radius 1 is 1.00 bits per heavy atom. The van der Waals surface area contributed by atoms with Crippen LogP contribution in [0.1, 0.15) is 72.1 Å². The van der Waals surface area contributed by atoms with Crippen molar-refractivity contribution in [2.24, 2.45) is 29.6 Å². The molecule has 0 aliphatic heterocycles. The van der Waals surface area contributed by atoms with E-state index in [-0.39, 0.29) is 0 Å². The quantitative estimate of drug-likeness (QED) is 0.637. The Hall–Kier alpha value is -0.300. The van der Waals surface area contributed by atoms with E-state index in [1.807, 2.05) is 0 Å². The average Bonchev–Trinajstić information content (AvgIpc) is 2.40. The van der Waals surface area contributed by atoms with Crippen molar-refractivity contribution in [2.75, 3.05) is 6.54 Å². The fourth-order valence-electron chi connectivity index (χ4n) is 5.56. The topological polar surface area (TPSA) is 12.0 Å². The summed E-state index contributed by atoms with van der Waals surface area (Å²) in [6, 6.07) is 0.878. The van der Waals surface area contributed by atoms with Gasteiger partial charge in [0.25, 0.3) is 0 Å². The van der Waals surface area contributed by atoms with Crippen molar-refractivity contribution < 1.29 is 0 Å². The molecule has 1 N–H and O–H groups in total. The lowest BCUT2D eigenvalue weighted by atomic mass is 9.54. The van der Waals surface area contributed by atoms with Crippen molar-refractivity contribution in [1.29, 1.82) is 0 Å². The summed E-state index contributed by atoms with van der Waals surface area (Å²) < 4.78 is 0. The molecule has 21 heavy (non-hydrogen) atoms. The highest BCUT2D eigenvalue weighted by molar-refractivity contribution is 5.01. The molecule has 0 radical (unpaired) electrons. The SMILES string of the molecule is CC(C)=CCCC(C)CCNC1C2CC3CC(C2)CC1C3. The monoisotopic (exact) mass is 289 g/mol. The zero-order valence-electron chi connectivity index (χ0n) is 14.4. The summed E-state index contributed by atoms with van der Waals surface area (Å²) in [7, 11) is 0. The molecule has 1 heteroatoms. The van der Waals surface area contributed by atoms with Crippen molar-refractivity contribution in [3.63, 3.8) is 0 Å². The molecule has 1 unspecified atom stereocenters. The van der Waals surface area contributed by atoms with Crippen molar-refractivity contribution in [2.45, 2.75) is 78.2 Å². The fraction of sp³-hybridized carbons (Fsp3) is 0.900. The van der Waals surface area contributed by atoms with E-state index in [1.165, 1.54) is 31.4 Å². The van der Waals surface area contributed by atoms with Crippen LogP contribution in [0.15, 0.2) is 11.6 Å². The van der Waals surface area contributed by atoms with Crippen LogP contribution >= 0.6 is 0 Å². The average molecular weight is 290 g/mol. The van der Waals surface area contributed by atoms with Crippen molar-refractivity contribution in [1.82, 2.24) is 5.32 Å².